The number of hydrogen-bond donors (Lipinski definition) is 3. The van der Waals surface area contributed by atoms with Crippen molar-refractivity contribution in [2.45, 2.75) is 25.8 Å². The molecule has 0 bridgehead atoms. The minimum atomic E-state index is -0.158. The van der Waals surface area contributed by atoms with Crippen LogP contribution in [0.1, 0.15) is 18.4 Å². The van der Waals surface area contributed by atoms with E-state index >= 15 is 0 Å². The van der Waals surface area contributed by atoms with Gasteiger partial charge in [0.2, 0.25) is 5.95 Å². The molecule has 2 fully saturated rings. The Morgan fingerprint density at radius 1 is 1.27 bits per heavy atom. The Balaban J connectivity index is 1.60. The molecule has 2 aliphatic rings. The summed E-state index contributed by atoms with van der Waals surface area (Å²) in [6, 6.07) is 6.30. The number of piperidine rings is 1. The van der Waals surface area contributed by atoms with Gasteiger partial charge in [-0.3, -0.25) is 9.78 Å². The second-order valence-corrected chi connectivity index (χ2v) is 8.84. The van der Waals surface area contributed by atoms with Gasteiger partial charge in [-0.2, -0.15) is 4.98 Å². The summed E-state index contributed by atoms with van der Waals surface area (Å²) in [6.07, 6.45) is 2.15. The number of aromatic nitrogens is 3. The van der Waals surface area contributed by atoms with Gasteiger partial charge < -0.3 is 20.3 Å². The van der Waals surface area contributed by atoms with E-state index in [0.717, 1.165) is 41.7 Å². The first-order valence-electron chi connectivity index (χ1n) is 10.5. The molecule has 9 heteroatoms. The lowest BCUT2D eigenvalue weighted by Crippen LogP contribution is -2.40. The van der Waals surface area contributed by atoms with E-state index in [-0.39, 0.29) is 11.6 Å². The van der Waals surface area contributed by atoms with Crippen LogP contribution >= 0.6 is 11.3 Å². The van der Waals surface area contributed by atoms with Gasteiger partial charge in [0.05, 0.1) is 23.4 Å². The van der Waals surface area contributed by atoms with Gasteiger partial charge in [-0.25, -0.2) is 4.98 Å². The number of aryl methyl sites for hydroxylation is 1. The molecular formula is C21H26N6O2S. The standard InChI is InChI=1S/C21H26N6O2S/c1-13-4-2-6-15-17(13)30-20(24-15)16-18(23-14-5-3-7-22-12-14)25-21(26-19(16)28)27-8-10-29-11-9-27/h2,4,6,14,22H,3,5,7-12H2,1H3,(H2,23,25,26,28)/t14-/m1/s1. The van der Waals surface area contributed by atoms with Gasteiger partial charge in [-0.1, -0.05) is 12.1 Å². The van der Waals surface area contributed by atoms with Gasteiger partial charge in [0, 0.05) is 25.7 Å². The third-order valence-electron chi connectivity index (χ3n) is 5.68. The Morgan fingerprint density at radius 2 is 2.13 bits per heavy atom. The van der Waals surface area contributed by atoms with E-state index in [4.69, 9.17) is 14.7 Å². The third-order valence-corrected chi connectivity index (χ3v) is 6.90. The van der Waals surface area contributed by atoms with Crippen LogP contribution in [0, 0.1) is 6.92 Å². The lowest BCUT2D eigenvalue weighted by Gasteiger charge is -2.29. The number of nitrogens with one attached hydrogen (secondary N) is 3. The number of morpholine rings is 1. The predicted molar refractivity (Wildman–Crippen MR) is 121 cm³/mol. The highest BCUT2D eigenvalue weighted by atomic mass is 32.1. The Kier molecular flexibility index (Phi) is 5.41. The quantitative estimate of drug-likeness (QED) is 0.589. The lowest BCUT2D eigenvalue weighted by molar-refractivity contribution is 0.122. The van der Waals surface area contributed by atoms with Crippen molar-refractivity contribution in [2.24, 2.45) is 0 Å². The maximum atomic E-state index is 13.3. The third kappa shape index (κ3) is 3.80. The first-order chi connectivity index (χ1) is 14.7. The first kappa shape index (κ1) is 19.5. The summed E-state index contributed by atoms with van der Waals surface area (Å²) in [6.45, 7) is 6.67. The summed E-state index contributed by atoms with van der Waals surface area (Å²) >= 11 is 1.55. The minimum absolute atomic E-state index is 0.158. The topological polar surface area (TPSA) is 95.2 Å². The molecule has 0 amide bonds. The van der Waals surface area contributed by atoms with Crippen molar-refractivity contribution >= 4 is 33.3 Å². The van der Waals surface area contributed by atoms with Crippen molar-refractivity contribution in [3.8, 4) is 10.6 Å². The number of benzene rings is 1. The van der Waals surface area contributed by atoms with Crippen LogP contribution in [0.4, 0.5) is 11.8 Å². The Labute approximate surface area is 178 Å². The highest BCUT2D eigenvalue weighted by molar-refractivity contribution is 7.21. The number of fused-ring (bicyclic) bond motifs is 1. The van der Waals surface area contributed by atoms with E-state index in [1.165, 1.54) is 0 Å². The summed E-state index contributed by atoms with van der Waals surface area (Å²) in [7, 11) is 0. The highest BCUT2D eigenvalue weighted by Crippen LogP contribution is 2.34. The number of nitrogens with zero attached hydrogens (tertiary/aromatic N) is 3. The van der Waals surface area contributed by atoms with Crippen molar-refractivity contribution < 1.29 is 4.74 Å². The van der Waals surface area contributed by atoms with E-state index in [0.29, 0.717) is 48.6 Å². The zero-order valence-electron chi connectivity index (χ0n) is 17.0. The molecule has 4 heterocycles. The van der Waals surface area contributed by atoms with Gasteiger partial charge in [-0.05, 0) is 37.9 Å². The van der Waals surface area contributed by atoms with Gasteiger partial charge in [0.25, 0.3) is 5.56 Å². The molecule has 0 radical (unpaired) electrons. The zero-order chi connectivity index (χ0) is 20.5. The molecule has 2 aromatic heterocycles. The highest BCUT2D eigenvalue weighted by Gasteiger charge is 2.23. The molecule has 5 rings (SSSR count). The van der Waals surface area contributed by atoms with E-state index < -0.39 is 0 Å². The summed E-state index contributed by atoms with van der Waals surface area (Å²) in [5.41, 5.74) is 2.45. The average molecular weight is 427 g/mol. The average Bonchev–Trinajstić information content (AvgIpc) is 3.20. The van der Waals surface area contributed by atoms with E-state index in [1.807, 2.05) is 12.1 Å². The van der Waals surface area contributed by atoms with Crippen LogP contribution in [0.15, 0.2) is 23.0 Å². The molecule has 0 unspecified atom stereocenters. The number of thiazole rings is 1. The van der Waals surface area contributed by atoms with Crippen LogP contribution in [0.3, 0.4) is 0 Å². The van der Waals surface area contributed by atoms with Crippen LogP contribution in [0.2, 0.25) is 0 Å². The van der Waals surface area contributed by atoms with Crippen molar-refractivity contribution in [3.63, 3.8) is 0 Å². The van der Waals surface area contributed by atoms with Crippen molar-refractivity contribution in [1.82, 2.24) is 20.3 Å². The smallest absolute Gasteiger partial charge is 0.264 e. The summed E-state index contributed by atoms with van der Waals surface area (Å²) in [5, 5.41) is 7.66. The monoisotopic (exact) mass is 426 g/mol. The molecule has 1 atom stereocenters. The number of hydrogen-bond acceptors (Lipinski definition) is 8. The maximum absolute atomic E-state index is 13.3. The summed E-state index contributed by atoms with van der Waals surface area (Å²) in [4.78, 5) is 28.0. The molecule has 3 aromatic rings. The molecule has 3 N–H and O–H groups in total. The van der Waals surface area contributed by atoms with E-state index in [9.17, 15) is 4.79 Å². The van der Waals surface area contributed by atoms with Crippen LogP contribution in [-0.4, -0.2) is 60.4 Å². The molecule has 0 spiro atoms. The SMILES string of the molecule is Cc1cccc2nc(-c3c(N[C@@H]4CCCNC4)nc(N4CCOCC4)[nH]c3=O)sc12. The normalized spacial score (nSPS) is 19.9. The predicted octanol–water partition coefficient (Wildman–Crippen LogP) is 2.36. The summed E-state index contributed by atoms with van der Waals surface area (Å²) < 4.78 is 6.55. The maximum Gasteiger partial charge on any atom is 0.264 e. The van der Waals surface area contributed by atoms with Gasteiger partial charge >= 0.3 is 0 Å². The number of aromatic amines is 1. The molecule has 8 nitrogen and oxygen atoms in total. The van der Waals surface area contributed by atoms with Crippen LogP contribution in [0.5, 0.6) is 0 Å². The number of anilines is 2. The van der Waals surface area contributed by atoms with Gasteiger partial charge in [0.15, 0.2) is 0 Å². The lowest BCUT2D eigenvalue weighted by atomic mass is 10.1. The number of ether oxygens (including phenoxy) is 1. The zero-order valence-corrected chi connectivity index (χ0v) is 17.8. The second-order valence-electron chi connectivity index (χ2n) is 7.84. The second kappa shape index (κ2) is 8.33. The number of rotatable bonds is 4. The fraction of sp³-hybridized carbons (Fsp3) is 0.476. The van der Waals surface area contributed by atoms with Crippen LogP contribution in [0.25, 0.3) is 20.8 Å². The Morgan fingerprint density at radius 3 is 2.90 bits per heavy atom. The molecule has 2 aliphatic heterocycles. The number of H-pyrrole nitrogens is 1. The molecule has 30 heavy (non-hydrogen) atoms. The fourth-order valence-electron chi connectivity index (χ4n) is 4.05. The van der Waals surface area contributed by atoms with Gasteiger partial charge in [-0.15, -0.1) is 11.3 Å². The van der Waals surface area contributed by atoms with Crippen molar-refractivity contribution in [2.75, 3.05) is 49.6 Å². The first-order valence-corrected chi connectivity index (χ1v) is 11.3. The van der Waals surface area contributed by atoms with E-state index in [2.05, 4.69) is 33.5 Å². The summed E-state index contributed by atoms with van der Waals surface area (Å²) in [5.74, 6) is 1.21. The molecule has 2 saturated heterocycles. The molecule has 0 saturated carbocycles. The molecule has 0 aliphatic carbocycles. The molecular weight excluding hydrogens is 400 g/mol. The molecule has 1 aromatic carbocycles. The Bertz CT molecular complexity index is 1100. The molecule has 158 valence electrons. The van der Waals surface area contributed by atoms with E-state index in [1.54, 1.807) is 11.3 Å². The van der Waals surface area contributed by atoms with Gasteiger partial charge in [0.1, 0.15) is 16.4 Å². The van der Waals surface area contributed by atoms with Crippen LogP contribution in [-0.2, 0) is 4.74 Å². The largest absolute Gasteiger partial charge is 0.378 e. The Hall–Kier alpha value is -2.49. The fourth-order valence-corrected chi connectivity index (χ4v) is 5.13. The van der Waals surface area contributed by atoms with Crippen LogP contribution < -0.4 is 21.1 Å². The minimum Gasteiger partial charge on any atom is -0.378 e. The van der Waals surface area contributed by atoms with Crippen molar-refractivity contribution in [1.29, 1.82) is 0 Å². The van der Waals surface area contributed by atoms with Crippen molar-refractivity contribution in [3.05, 3.63) is 34.1 Å².